The number of para-hydroxylation sites is 2. The summed E-state index contributed by atoms with van der Waals surface area (Å²) >= 11 is 0. The van der Waals surface area contributed by atoms with Crippen molar-refractivity contribution in [1.29, 1.82) is 0 Å². The average Bonchev–Trinajstić information content (AvgIpc) is 2.58. The van der Waals surface area contributed by atoms with Crippen LogP contribution in [-0.2, 0) is 0 Å². The van der Waals surface area contributed by atoms with Gasteiger partial charge < -0.3 is 9.47 Å². The van der Waals surface area contributed by atoms with Gasteiger partial charge in [0.05, 0.1) is 11.1 Å². The molecule has 22 heavy (non-hydrogen) atoms. The molecule has 112 valence electrons. The smallest absolute Gasteiger partial charge is 0.153 e. The number of aldehydes is 2. The zero-order chi connectivity index (χ0) is 15.6. The molecule has 0 aromatic heterocycles. The minimum absolute atomic E-state index is 0.337. The van der Waals surface area contributed by atoms with Crippen LogP contribution in [0.5, 0.6) is 11.5 Å². The zero-order valence-electron chi connectivity index (χ0n) is 12.0. The van der Waals surface area contributed by atoms with Crippen LogP contribution in [0.4, 0.5) is 0 Å². The molecule has 4 nitrogen and oxygen atoms in total. The van der Waals surface area contributed by atoms with Crippen LogP contribution in [-0.4, -0.2) is 25.8 Å². The normalized spacial score (nSPS) is 10.4. The SMILES string of the molecule is O=Cc1ccccc1OC/C=C/COc1ccccc1C=O. The van der Waals surface area contributed by atoms with Crippen molar-refractivity contribution in [2.75, 3.05) is 13.2 Å². The average molecular weight is 296 g/mol. The van der Waals surface area contributed by atoms with Gasteiger partial charge in [0.25, 0.3) is 0 Å². The molecular weight excluding hydrogens is 280 g/mol. The van der Waals surface area contributed by atoms with Crippen LogP contribution in [0.25, 0.3) is 0 Å². The highest BCUT2D eigenvalue weighted by atomic mass is 16.5. The van der Waals surface area contributed by atoms with Gasteiger partial charge >= 0.3 is 0 Å². The summed E-state index contributed by atoms with van der Waals surface area (Å²) in [4.78, 5) is 21.7. The summed E-state index contributed by atoms with van der Waals surface area (Å²) in [6.45, 7) is 0.674. The van der Waals surface area contributed by atoms with Gasteiger partial charge in [-0.3, -0.25) is 9.59 Å². The molecule has 0 saturated carbocycles. The molecule has 0 aliphatic carbocycles. The summed E-state index contributed by atoms with van der Waals surface area (Å²) in [6, 6.07) is 14.1. The summed E-state index contributed by atoms with van der Waals surface area (Å²) in [6.07, 6.45) is 5.12. The monoisotopic (exact) mass is 296 g/mol. The fourth-order valence-electron chi connectivity index (χ4n) is 1.83. The lowest BCUT2D eigenvalue weighted by Crippen LogP contribution is -1.99. The summed E-state index contributed by atoms with van der Waals surface area (Å²) in [5, 5.41) is 0. The number of hydrogen-bond acceptors (Lipinski definition) is 4. The molecule has 2 aromatic rings. The molecule has 0 N–H and O–H groups in total. The van der Waals surface area contributed by atoms with Crippen LogP contribution in [0.1, 0.15) is 20.7 Å². The molecule has 0 amide bonds. The first-order valence-electron chi connectivity index (χ1n) is 6.84. The highest BCUT2D eigenvalue weighted by molar-refractivity contribution is 5.79. The molecule has 0 heterocycles. The number of rotatable bonds is 8. The van der Waals surface area contributed by atoms with Crippen molar-refractivity contribution in [2.24, 2.45) is 0 Å². The van der Waals surface area contributed by atoms with Gasteiger partial charge in [0.1, 0.15) is 24.7 Å². The molecule has 2 rings (SSSR count). The molecule has 0 aliphatic heterocycles. The summed E-state index contributed by atoms with van der Waals surface area (Å²) in [5.41, 5.74) is 1.04. The van der Waals surface area contributed by atoms with Crippen LogP contribution in [0.15, 0.2) is 60.7 Å². The molecule has 4 heteroatoms. The van der Waals surface area contributed by atoms with E-state index in [0.29, 0.717) is 35.8 Å². The number of hydrogen-bond donors (Lipinski definition) is 0. The molecule has 0 atom stereocenters. The van der Waals surface area contributed by atoms with E-state index in [1.807, 2.05) is 12.1 Å². The first-order chi connectivity index (χ1) is 10.8. The van der Waals surface area contributed by atoms with E-state index in [1.165, 1.54) is 0 Å². The van der Waals surface area contributed by atoms with Crippen molar-refractivity contribution < 1.29 is 19.1 Å². The summed E-state index contributed by atoms with van der Waals surface area (Å²) < 4.78 is 11.0. The second kappa shape index (κ2) is 8.42. The van der Waals surface area contributed by atoms with Crippen LogP contribution in [0, 0.1) is 0 Å². The third-order valence-electron chi connectivity index (χ3n) is 2.93. The predicted molar refractivity (Wildman–Crippen MR) is 83.8 cm³/mol. The van der Waals surface area contributed by atoms with Gasteiger partial charge in [-0.25, -0.2) is 0 Å². The Labute approximate surface area is 129 Å². The third-order valence-corrected chi connectivity index (χ3v) is 2.93. The van der Waals surface area contributed by atoms with E-state index in [1.54, 1.807) is 48.6 Å². The zero-order valence-corrected chi connectivity index (χ0v) is 12.0. The molecule has 2 aromatic carbocycles. The Morgan fingerprint density at radius 3 is 1.50 bits per heavy atom. The van der Waals surface area contributed by atoms with Crippen molar-refractivity contribution in [3.8, 4) is 11.5 Å². The second-order valence-electron chi connectivity index (χ2n) is 4.40. The number of benzene rings is 2. The van der Waals surface area contributed by atoms with E-state index in [-0.39, 0.29) is 0 Å². The topological polar surface area (TPSA) is 52.6 Å². The van der Waals surface area contributed by atoms with E-state index in [9.17, 15) is 9.59 Å². The van der Waals surface area contributed by atoms with E-state index < -0.39 is 0 Å². The molecule has 0 saturated heterocycles. The van der Waals surface area contributed by atoms with Gasteiger partial charge in [-0.05, 0) is 36.4 Å². The van der Waals surface area contributed by atoms with Crippen molar-refractivity contribution in [1.82, 2.24) is 0 Å². The molecule has 0 unspecified atom stereocenters. The Hall–Kier alpha value is -2.88. The number of ether oxygens (including phenoxy) is 2. The van der Waals surface area contributed by atoms with Crippen LogP contribution < -0.4 is 9.47 Å². The van der Waals surface area contributed by atoms with Crippen molar-refractivity contribution >= 4 is 12.6 Å². The number of carbonyl (C=O) groups is 2. The lowest BCUT2D eigenvalue weighted by atomic mass is 10.2. The van der Waals surface area contributed by atoms with Gasteiger partial charge in [0.2, 0.25) is 0 Å². The Balaban J connectivity index is 1.79. The fraction of sp³-hybridized carbons (Fsp3) is 0.111. The Morgan fingerprint density at radius 2 is 1.09 bits per heavy atom. The van der Waals surface area contributed by atoms with E-state index in [0.717, 1.165) is 12.6 Å². The van der Waals surface area contributed by atoms with Crippen molar-refractivity contribution in [2.45, 2.75) is 0 Å². The highest BCUT2D eigenvalue weighted by Crippen LogP contribution is 2.16. The van der Waals surface area contributed by atoms with Crippen LogP contribution >= 0.6 is 0 Å². The van der Waals surface area contributed by atoms with E-state index >= 15 is 0 Å². The standard InChI is InChI=1S/C18H16O4/c19-13-15-7-1-3-9-17(15)21-11-5-6-12-22-18-10-4-2-8-16(18)14-20/h1-10,13-14H,11-12H2/b6-5+. The van der Waals surface area contributed by atoms with Crippen molar-refractivity contribution in [3.05, 3.63) is 71.8 Å². The molecule has 0 fully saturated rings. The van der Waals surface area contributed by atoms with Gasteiger partial charge in [0.15, 0.2) is 12.6 Å². The minimum atomic E-state index is 0.337. The largest absolute Gasteiger partial charge is 0.489 e. The van der Waals surface area contributed by atoms with Gasteiger partial charge in [-0.15, -0.1) is 0 Å². The fourth-order valence-corrected chi connectivity index (χ4v) is 1.83. The molecule has 0 aliphatic rings. The highest BCUT2D eigenvalue weighted by Gasteiger charge is 2.00. The third kappa shape index (κ3) is 4.31. The molecular formula is C18H16O4. The predicted octanol–water partition coefficient (Wildman–Crippen LogP) is 3.33. The first kappa shape index (κ1) is 15.5. The van der Waals surface area contributed by atoms with Gasteiger partial charge in [0, 0.05) is 0 Å². The molecule has 0 spiro atoms. The Morgan fingerprint density at radius 1 is 0.682 bits per heavy atom. The lowest BCUT2D eigenvalue weighted by molar-refractivity contribution is 0.111. The van der Waals surface area contributed by atoms with Crippen molar-refractivity contribution in [3.63, 3.8) is 0 Å². The quantitative estimate of drug-likeness (QED) is 0.554. The van der Waals surface area contributed by atoms with E-state index in [2.05, 4.69) is 0 Å². The molecule has 0 bridgehead atoms. The van der Waals surface area contributed by atoms with Crippen LogP contribution in [0.2, 0.25) is 0 Å². The van der Waals surface area contributed by atoms with Gasteiger partial charge in [-0.1, -0.05) is 24.3 Å². The van der Waals surface area contributed by atoms with E-state index in [4.69, 9.17) is 9.47 Å². The maximum Gasteiger partial charge on any atom is 0.153 e. The van der Waals surface area contributed by atoms with Crippen LogP contribution in [0.3, 0.4) is 0 Å². The Kier molecular flexibility index (Phi) is 5.93. The minimum Gasteiger partial charge on any atom is -0.489 e. The van der Waals surface area contributed by atoms with Gasteiger partial charge in [-0.2, -0.15) is 0 Å². The summed E-state index contributed by atoms with van der Waals surface area (Å²) in [5.74, 6) is 1.10. The molecule has 0 radical (unpaired) electrons. The Bertz CT molecular complexity index is 604. The maximum atomic E-state index is 10.8. The number of carbonyl (C=O) groups excluding carboxylic acids is 2. The lowest BCUT2D eigenvalue weighted by Gasteiger charge is -2.06. The second-order valence-corrected chi connectivity index (χ2v) is 4.40. The maximum absolute atomic E-state index is 10.8. The summed E-state index contributed by atoms with van der Waals surface area (Å²) in [7, 11) is 0. The first-order valence-corrected chi connectivity index (χ1v) is 6.84.